The molecule has 28 heavy (non-hydrogen) atoms. The van der Waals surface area contributed by atoms with Crippen molar-refractivity contribution in [2.75, 3.05) is 12.9 Å². The van der Waals surface area contributed by atoms with Gasteiger partial charge in [0.05, 0.1) is 24.6 Å². The second-order valence-corrected chi connectivity index (χ2v) is 7.25. The summed E-state index contributed by atoms with van der Waals surface area (Å²) < 4.78 is 8.99. The number of thioether (sulfide) groups is 1. The van der Waals surface area contributed by atoms with E-state index in [1.54, 1.807) is 11.7 Å². The average molecular weight is 413 g/mol. The molecule has 142 valence electrons. The Morgan fingerprint density at radius 1 is 1.14 bits per heavy atom. The molecule has 8 heteroatoms. The highest BCUT2D eigenvalue weighted by molar-refractivity contribution is 7.99. The number of halogens is 1. The molecule has 2 heterocycles. The van der Waals surface area contributed by atoms with E-state index in [-0.39, 0.29) is 5.56 Å². The van der Waals surface area contributed by atoms with Gasteiger partial charge in [-0.25, -0.2) is 0 Å². The molecule has 0 fully saturated rings. The van der Waals surface area contributed by atoms with Gasteiger partial charge in [0.25, 0.3) is 5.56 Å². The van der Waals surface area contributed by atoms with Crippen LogP contribution < -0.4 is 10.3 Å². The van der Waals surface area contributed by atoms with Gasteiger partial charge in [-0.1, -0.05) is 59.8 Å². The van der Waals surface area contributed by atoms with Gasteiger partial charge in [-0.15, -0.1) is 10.2 Å². The predicted octanol–water partition coefficient (Wildman–Crippen LogP) is 3.95. The van der Waals surface area contributed by atoms with Crippen molar-refractivity contribution in [3.8, 4) is 5.75 Å². The molecule has 2 aromatic heterocycles. The van der Waals surface area contributed by atoms with Crippen molar-refractivity contribution in [1.82, 2.24) is 19.2 Å². The minimum absolute atomic E-state index is 0.112. The molecular formula is C20H17ClN4O2S. The van der Waals surface area contributed by atoms with E-state index in [0.717, 1.165) is 16.8 Å². The number of fused-ring (bicyclic) bond motifs is 3. The fraction of sp³-hybridized carbons (Fsp3) is 0.150. The molecular weight excluding hydrogens is 396 g/mol. The number of hydrogen-bond donors (Lipinski definition) is 0. The fourth-order valence-corrected chi connectivity index (χ4v) is 4.08. The highest BCUT2D eigenvalue weighted by atomic mass is 35.5. The molecule has 0 spiro atoms. The molecule has 0 bridgehead atoms. The van der Waals surface area contributed by atoms with Crippen LogP contribution in [0.1, 0.15) is 5.56 Å². The van der Waals surface area contributed by atoms with Crippen LogP contribution in [0.2, 0.25) is 0 Å². The van der Waals surface area contributed by atoms with E-state index in [1.165, 1.54) is 17.3 Å². The summed E-state index contributed by atoms with van der Waals surface area (Å²) in [4.78, 5) is 13.2. The van der Waals surface area contributed by atoms with Crippen molar-refractivity contribution in [1.29, 1.82) is 0 Å². The predicted molar refractivity (Wildman–Crippen MR) is 113 cm³/mol. The van der Waals surface area contributed by atoms with E-state index >= 15 is 0 Å². The Hall–Kier alpha value is -2.77. The summed E-state index contributed by atoms with van der Waals surface area (Å²) in [7, 11) is 1.62. The van der Waals surface area contributed by atoms with E-state index in [4.69, 9.17) is 16.3 Å². The van der Waals surface area contributed by atoms with Gasteiger partial charge in [0, 0.05) is 16.9 Å². The highest BCUT2D eigenvalue weighted by Gasteiger charge is 2.17. The first-order valence-corrected chi connectivity index (χ1v) is 10.0. The normalized spacial score (nSPS) is 11.6. The summed E-state index contributed by atoms with van der Waals surface area (Å²) in [5.74, 6) is 1.87. The second-order valence-electron chi connectivity index (χ2n) is 6.01. The van der Waals surface area contributed by atoms with Crippen molar-refractivity contribution in [3.05, 3.63) is 76.1 Å². The molecule has 2 aromatic carbocycles. The highest BCUT2D eigenvalue weighted by Crippen LogP contribution is 2.24. The van der Waals surface area contributed by atoms with E-state index < -0.39 is 0 Å². The van der Waals surface area contributed by atoms with Crippen molar-refractivity contribution < 1.29 is 4.74 Å². The Labute approximate surface area is 170 Å². The third-order valence-corrected chi connectivity index (χ3v) is 5.46. The lowest BCUT2D eigenvalue weighted by Crippen LogP contribution is -2.24. The van der Waals surface area contributed by atoms with Gasteiger partial charge in [0.2, 0.25) is 5.78 Å². The lowest BCUT2D eigenvalue weighted by Gasteiger charge is -2.13. The third kappa shape index (κ3) is 3.27. The number of para-hydroxylation sites is 2. The molecule has 0 radical (unpaired) electrons. The molecule has 0 aliphatic carbocycles. The van der Waals surface area contributed by atoms with Crippen LogP contribution in [0.5, 0.6) is 5.75 Å². The van der Waals surface area contributed by atoms with Gasteiger partial charge in [0.1, 0.15) is 5.75 Å². The van der Waals surface area contributed by atoms with Crippen molar-refractivity contribution >= 4 is 40.0 Å². The monoisotopic (exact) mass is 412 g/mol. The van der Waals surface area contributed by atoms with Gasteiger partial charge in [0.15, 0.2) is 5.16 Å². The zero-order valence-corrected chi connectivity index (χ0v) is 16.7. The van der Waals surface area contributed by atoms with Crippen LogP contribution in [-0.2, 0) is 6.54 Å². The first-order valence-electron chi connectivity index (χ1n) is 8.61. The minimum Gasteiger partial charge on any atom is -0.496 e. The maximum Gasteiger partial charge on any atom is 0.263 e. The Morgan fingerprint density at radius 3 is 2.75 bits per heavy atom. The van der Waals surface area contributed by atoms with E-state index in [0.29, 0.717) is 28.6 Å². The van der Waals surface area contributed by atoms with Crippen molar-refractivity contribution in [2.45, 2.75) is 11.7 Å². The number of ether oxygens (including phenoxy) is 1. The quantitative estimate of drug-likeness (QED) is 0.449. The zero-order chi connectivity index (χ0) is 19.5. The largest absolute Gasteiger partial charge is 0.496 e. The lowest BCUT2D eigenvalue weighted by molar-refractivity contribution is 0.408. The van der Waals surface area contributed by atoms with E-state index in [9.17, 15) is 4.79 Å². The van der Waals surface area contributed by atoms with Crippen molar-refractivity contribution in [3.63, 3.8) is 0 Å². The Kier molecular flexibility index (Phi) is 5.36. The molecule has 0 amide bonds. The number of aromatic nitrogens is 4. The van der Waals surface area contributed by atoms with Crippen molar-refractivity contribution in [2.24, 2.45) is 0 Å². The number of hydrogen-bond acceptors (Lipinski definition) is 5. The molecule has 4 aromatic rings. The summed E-state index contributed by atoms with van der Waals surface area (Å²) in [6.45, 7) is 0.335. The van der Waals surface area contributed by atoms with Crippen LogP contribution in [0.25, 0.3) is 16.7 Å². The van der Waals surface area contributed by atoms with E-state index in [1.807, 2.05) is 59.0 Å². The standard InChI is InChI=1S/C20H17ClN4O2S/c1-27-17-10-5-2-7-14(17)13-24-18(26)15-8-3-4-9-16(15)25-19(24)22-23-20(25)28-12-6-11-21/h2-11H,12-13H2,1H3/b11-6+. The number of nitrogens with zero attached hydrogens (tertiary/aromatic N) is 4. The molecule has 4 rings (SSSR count). The summed E-state index contributed by atoms with van der Waals surface area (Å²) in [6, 6.07) is 15.1. The van der Waals surface area contributed by atoms with Gasteiger partial charge in [-0.2, -0.15) is 0 Å². The molecule has 6 nitrogen and oxygen atoms in total. The van der Waals surface area contributed by atoms with Crippen LogP contribution in [0, 0.1) is 0 Å². The minimum atomic E-state index is -0.112. The van der Waals surface area contributed by atoms with Gasteiger partial charge < -0.3 is 4.74 Å². The van der Waals surface area contributed by atoms with Gasteiger partial charge in [-0.05, 0) is 18.2 Å². The first-order chi connectivity index (χ1) is 13.7. The smallest absolute Gasteiger partial charge is 0.263 e. The van der Waals surface area contributed by atoms with Gasteiger partial charge >= 0.3 is 0 Å². The summed E-state index contributed by atoms with van der Waals surface area (Å²) >= 11 is 7.13. The van der Waals surface area contributed by atoms with Crippen LogP contribution in [0.4, 0.5) is 0 Å². The first kappa shape index (κ1) is 18.6. The van der Waals surface area contributed by atoms with Gasteiger partial charge in [-0.3, -0.25) is 13.8 Å². The topological polar surface area (TPSA) is 61.4 Å². The molecule has 0 saturated heterocycles. The molecule has 0 unspecified atom stereocenters. The Bertz CT molecular complexity index is 1230. The Balaban J connectivity index is 1.95. The van der Waals surface area contributed by atoms with Crippen LogP contribution in [0.3, 0.4) is 0 Å². The molecule has 0 aliphatic rings. The van der Waals surface area contributed by atoms with Crippen LogP contribution >= 0.6 is 23.4 Å². The van der Waals surface area contributed by atoms with E-state index in [2.05, 4.69) is 10.2 Å². The lowest BCUT2D eigenvalue weighted by atomic mass is 10.2. The summed E-state index contributed by atoms with van der Waals surface area (Å²) in [5, 5.41) is 9.94. The summed E-state index contributed by atoms with van der Waals surface area (Å²) in [5.41, 5.74) is 3.04. The van der Waals surface area contributed by atoms with Crippen LogP contribution in [0.15, 0.2) is 70.1 Å². The van der Waals surface area contributed by atoms with Crippen LogP contribution in [-0.4, -0.2) is 32.0 Å². The molecule has 0 saturated carbocycles. The SMILES string of the molecule is COc1ccccc1Cn1c(=O)c2ccccc2n2c(SC/C=C/Cl)nnc12. The zero-order valence-electron chi connectivity index (χ0n) is 15.1. The Morgan fingerprint density at radius 2 is 1.93 bits per heavy atom. The second kappa shape index (κ2) is 8.08. The maximum absolute atomic E-state index is 13.2. The summed E-state index contributed by atoms with van der Waals surface area (Å²) in [6.07, 6.45) is 1.83. The third-order valence-electron chi connectivity index (χ3n) is 4.40. The molecule has 0 aliphatic heterocycles. The number of benzene rings is 2. The average Bonchev–Trinajstić information content (AvgIpc) is 3.15. The maximum atomic E-state index is 13.2. The number of methoxy groups -OCH3 is 1. The molecule has 0 N–H and O–H groups in total. The molecule has 0 atom stereocenters. The number of rotatable bonds is 6. The fourth-order valence-electron chi connectivity index (χ4n) is 3.13.